The van der Waals surface area contributed by atoms with Crippen LogP contribution in [0, 0.1) is 6.92 Å². The lowest BCUT2D eigenvalue weighted by atomic mass is 10.1. The SMILES string of the molecule is CCc1ccc(NC(=O)CN2C(=O)COc3ccc(-c4csc(C)n4)cc32)cc1. The number of carbonyl (C=O) groups excluding carboxylic acids is 2. The van der Waals surface area contributed by atoms with Gasteiger partial charge in [0, 0.05) is 16.6 Å². The van der Waals surface area contributed by atoms with Crippen molar-refractivity contribution in [1.29, 1.82) is 0 Å². The summed E-state index contributed by atoms with van der Waals surface area (Å²) in [4.78, 5) is 31.0. The monoisotopic (exact) mass is 407 g/mol. The second-order valence-corrected chi connectivity index (χ2v) is 7.86. The zero-order valence-electron chi connectivity index (χ0n) is 16.3. The summed E-state index contributed by atoms with van der Waals surface area (Å²) < 4.78 is 5.55. The Labute approximate surface area is 173 Å². The Morgan fingerprint density at radius 2 is 2.03 bits per heavy atom. The number of rotatable bonds is 5. The van der Waals surface area contributed by atoms with Gasteiger partial charge in [-0.25, -0.2) is 4.98 Å². The third-order valence-corrected chi connectivity index (χ3v) is 5.54. The first kappa shape index (κ1) is 19.1. The minimum absolute atomic E-state index is 0.0791. The van der Waals surface area contributed by atoms with Gasteiger partial charge in [0.1, 0.15) is 12.3 Å². The Balaban J connectivity index is 1.55. The number of ether oxygens (including phenoxy) is 1. The maximum Gasteiger partial charge on any atom is 0.265 e. The van der Waals surface area contributed by atoms with Crippen LogP contribution in [-0.2, 0) is 16.0 Å². The average molecular weight is 407 g/mol. The van der Waals surface area contributed by atoms with E-state index < -0.39 is 0 Å². The van der Waals surface area contributed by atoms with E-state index >= 15 is 0 Å². The van der Waals surface area contributed by atoms with E-state index in [4.69, 9.17) is 4.74 Å². The molecule has 6 nitrogen and oxygen atoms in total. The Kier molecular flexibility index (Phi) is 5.31. The van der Waals surface area contributed by atoms with Gasteiger partial charge in [0.2, 0.25) is 5.91 Å². The number of fused-ring (bicyclic) bond motifs is 1. The molecule has 0 radical (unpaired) electrons. The lowest BCUT2D eigenvalue weighted by Crippen LogP contribution is -2.43. The van der Waals surface area contributed by atoms with Gasteiger partial charge < -0.3 is 10.1 Å². The van der Waals surface area contributed by atoms with Crippen molar-refractivity contribution in [1.82, 2.24) is 4.98 Å². The van der Waals surface area contributed by atoms with Gasteiger partial charge >= 0.3 is 0 Å². The normalized spacial score (nSPS) is 13.0. The third kappa shape index (κ3) is 4.14. The topological polar surface area (TPSA) is 71.5 Å². The Morgan fingerprint density at radius 3 is 2.72 bits per heavy atom. The second kappa shape index (κ2) is 8.05. The Morgan fingerprint density at radius 1 is 1.24 bits per heavy atom. The summed E-state index contributed by atoms with van der Waals surface area (Å²) in [7, 11) is 0. The van der Waals surface area contributed by atoms with E-state index in [1.165, 1.54) is 10.5 Å². The highest BCUT2D eigenvalue weighted by molar-refractivity contribution is 7.09. The molecule has 0 unspecified atom stereocenters. The van der Waals surface area contributed by atoms with Gasteiger partial charge in [0.05, 0.1) is 16.4 Å². The Hall–Kier alpha value is -3.19. The molecule has 0 aliphatic carbocycles. The van der Waals surface area contributed by atoms with E-state index in [2.05, 4.69) is 17.2 Å². The van der Waals surface area contributed by atoms with E-state index in [0.717, 1.165) is 22.7 Å². The van der Waals surface area contributed by atoms with Crippen molar-refractivity contribution in [3.8, 4) is 17.0 Å². The van der Waals surface area contributed by atoms with Gasteiger partial charge in [-0.05, 0) is 49.2 Å². The molecule has 148 valence electrons. The van der Waals surface area contributed by atoms with Crippen LogP contribution in [0.15, 0.2) is 47.8 Å². The summed E-state index contributed by atoms with van der Waals surface area (Å²) in [6, 6.07) is 13.3. The summed E-state index contributed by atoms with van der Waals surface area (Å²) in [5, 5.41) is 5.80. The molecule has 2 aromatic carbocycles. The number of nitrogens with one attached hydrogen (secondary N) is 1. The zero-order chi connectivity index (χ0) is 20.4. The third-order valence-electron chi connectivity index (χ3n) is 4.76. The number of benzene rings is 2. The molecule has 0 saturated carbocycles. The fourth-order valence-corrected chi connectivity index (χ4v) is 3.82. The number of hydrogen-bond acceptors (Lipinski definition) is 5. The number of hydrogen-bond donors (Lipinski definition) is 1. The quantitative estimate of drug-likeness (QED) is 0.693. The molecule has 1 N–H and O–H groups in total. The minimum atomic E-state index is -0.259. The average Bonchev–Trinajstić information content (AvgIpc) is 3.17. The van der Waals surface area contributed by atoms with Crippen LogP contribution >= 0.6 is 11.3 Å². The summed E-state index contributed by atoms with van der Waals surface area (Å²) >= 11 is 1.57. The van der Waals surface area contributed by atoms with Crippen molar-refractivity contribution in [2.75, 3.05) is 23.4 Å². The summed E-state index contributed by atoms with van der Waals surface area (Å²) in [5.41, 5.74) is 4.21. The van der Waals surface area contributed by atoms with Crippen LogP contribution in [-0.4, -0.2) is 29.9 Å². The van der Waals surface area contributed by atoms with Crippen molar-refractivity contribution in [2.45, 2.75) is 20.3 Å². The number of carbonyl (C=O) groups is 2. The van der Waals surface area contributed by atoms with Crippen LogP contribution in [0.5, 0.6) is 5.75 Å². The highest BCUT2D eigenvalue weighted by Crippen LogP contribution is 2.36. The lowest BCUT2D eigenvalue weighted by Gasteiger charge is -2.29. The number of thiazole rings is 1. The smallest absolute Gasteiger partial charge is 0.265 e. The van der Waals surface area contributed by atoms with Gasteiger partial charge in [-0.15, -0.1) is 11.3 Å². The second-order valence-electron chi connectivity index (χ2n) is 6.80. The lowest BCUT2D eigenvalue weighted by molar-refractivity contribution is -0.123. The molecule has 0 saturated heterocycles. The van der Waals surface area contributed by atoms with Gasteiger partial charge in [-0.2, -0.15) is 0 Å². The van der Waals surface area contributed by atoms with Crippen LogP contribution in [0.25, 0.3) is 11.3 Å². The van der Waals surface area contributed by atoms with Crippen molar-refractivity contribution < 1.29 is 14.3 Å². The summed E-state index contributed by atoms with van der Waals surface area (Å²) in [6.45, 7) is 3.87. The largest absolute Gasteiger partial charge is 0.482 e. The molecule has 0 spiro atoms. The van der Waals surface area contributed by atoms with E-state index in [-0.39, 0.29) is 25.0 Å². The van der Waals surface area contributed by atoms with Crippen LogP contribution in [0.1, 0.15) is 17.5 Å². The van der Waals surface area contributed by atoms with Crippen molar-refractivity contribution >= 4 is 34.5 Å². The van der Waals surface area contributed by atoms with Crippen LogP contribution in [0.4, 0.5) is 11.4 Å². The number of nitrogens with zero attached hydrogens (tertiary/aromatic N) is 2. The van der Waals surface area contributed by atoms with Gasteiger partial charge in [-0.1, -0.05) is 19.1 Å². The molecular weight excluding hydrogens is 386 g/mol. The predicted octanol–water partition coefficient (Wildman–Crippen LogP) is 4.05. The van der Waals surface area contributed by atoms with Crippen LogP contribution < -0.4 is 15.0 Å². The van der Waals surface area contributed by atoms with E-state index in [0.29, 0.717) is 17.1 Å². The molecular formula is C22H21N3O3S. The first-order valence-electron chi connectivity index (χ1n) is 9.42. The maximum absolute atomic E-state index is 12.6. The molecule has 0 atom stereocenters. The fraction of sp³-hybridized carbons (Fsp3) is 0.227. The Bertz CT molecular complexity index is 1060. The zero-order valence-corrected chi connectivity index (χ0v) is 17.1. The molecule has 1 aromatic heterocycles. The van der Waals surface area contributed by atoms with Crippen LogP contribution in [0.2, 0.25) is 0 Å². The van der Waals surface area contributed by atoms with Gasteiger partial charge in [-0.3, -0.25) is 14.5 Å². The standard InChI is InChI=1S/C22H21N3O3S/c1-3-15-4-7-17(8-5-15)24-21(26)11-25-19-10-16(18-13-29-14(2)23-18)6-9-20(19)28-12-22(25)27/h4-10,13H,3,11-12H2,1-2H3,(H,24,26). The molecule has 2 amide bonds. The molecule has 0 fully saturated rings. The molecule has 3 aromatic rings. The van der Waals surface area contributed by atoms with E-state index in [1.54, 1.807) is 11.3 Å². The van der Waals surface area contributed by atoms with E-state index in [9.17, 15) is 9.59 Å². The van der Waals surface area contributed by atoms with E-state index in [1.807, 2.05) is 54.8 Å². The fourth-order valence-electron chi connectivity index (χ4n) is 3.20. The molecule has 1 aliphatic rings. The first-order chi connectivity index (χ1) is 14.0. The van der Waals surface area contributed by atoms with Gasteiger partial charge in [0.15, 0.2) is 6.61 Å². The molecule has 4 rings (SSSR count). The van der Waals surface area contributed by atoms with Crippen LogP contribution in [0.3, 0.4) is 0 Å². The van der Waals surface area contributed by atoms with Crippen molar-refractivity contribution in [3.05, 3.63) is 58.4 Å². The number of anilines is 2. The highest BCUT2D eigenvalue weighted by Gasteiger charge is 2.28. The molecule has 7 heteroatoms. The maximum atomic E-state index is 12.6. The molecule has 1 aliphatic heterocycles. The molecule has 2 heterocycles. The summed E-state index contributed by atoms with van der Waals surface area (Å²) in [6.07, 6.45) is 0.939. The summed E-state index contributed by atoms with van der Waals surface area (Å²) in [5.74, 6) is 0.0753. The highest BCUT2D eigenvalue weighted by atomic mass is 32.1. The van der Waals surface area contributed by atoms with Crippen molar-refractivity contribution in [3.63, 3.8) is 0 Å². The molecule has 0 bridgehead atoms. The minimum Gasteiger partial charge on any atom is -0.482 e. The number of aryl methyl sites for hydroxylation is 2. The first-order valence-corrected chi connectivity index (χ1v) is 10.3. The predicted molar refractivity (Wildman–Crippen MR) is 115 cm³/mol. The van der Waals surface area contributed by atoms with Gasteiger partial charge in [0.25, 0.3) is 5.91 Å². The molecule has 29 heavy (non-hydrogen) atoms. The number of amides is 2. The number of aromatic nitrogens is 1. The van der Waals surface area contributed by atoms with Crippen molar-refractivity contribution in [2.24, 2.45) is 0 Å².